The van der Waals surface area contributed by atoms with Crippen molar-refractivity contribution in [2.45, 2.75) is 12.8 Å². The Kier molecular flexibility index (Phi) is 5.49. The summed E-state index contributed by atoms with van der Waals surface area (Å²) >= 11 is 6.59. The van der Waals surface area contributed by atoms with Crippen LogP contribution in [0.4, 0.5) is 0 Å². The number of hydrogen-bond acceptors (Lipinski definition) is 5. The molecule has 0 spiro atoms. The SMILES string of the molecule is NCCCc1ccc(-n2cnc3cnc4cc(Cl)c(C#Cc5ccc6c(c5)OCO6)cc4c32)cc1. The Morgan fingerprint density at radius 3 is 2.66 bits per heavy atom. The normalized spacial score (nSPS) is 12.2. The lowest BCUT2D eigenvalue weighted by molar-refractivity contribution is 0.174. The minimum Gasteiger partial charge on any atom is -0.454 e. The summed E-state index contributed by atoms with van der Waals surface area (Å²) in [5, 5.41) is 1.49. The number of pyridine rings is 1. The second-order valence-electron chi connectivity index (χ2n) is 8.33. The van der Waals surface area contributed by atoms with E-state index in [2.05, 4.69) is 50.6 Å². The Balaban J connectivity index is 1.43. The number of aryl methyl sites for hydroxylation is 1. The molecule has 3 aromatic carbocycles. The third-order valence-electron chi connectivity index (χ3n) is 6.06. The molecule has 0 aliphatic carbocycles. The number of rotatable bonds is 4. The lowest BCUT2D eigenvalue weighted by atomic mass is 10.1. The number of nitrogens with two attached hydrogens (primary N) is 1. The Hall–Kier alpha value is -4.05. The number of benzene rings is 3. The van der Waals surface area contributed by atoms with Crippen LogP contribution in [0.3, 0.4) is 0 Å². The molecule has 0 fully saturated rings. The maximum Gasteiger partial charge on any atom is 0.231 e. The number of fused-ring (bicyclic) bond motifs is 4. The molecule has 0 saturated carbocycles. The predicted molar refractivity (Wildman–Crippen MR) is 137 cm³/mol. The van der Waals surface area contributed by atoms with Gasteiger partial charge in [0.05, 0.1) is 22.3 Å². The van der Waals surface area contributed by atoms with Crippen LogP contribution in [0.5, 0.6) is 11.5 Å². The van der Waals surface area contributed by atoms with E-state index >= 15 is 0 Å². The van der Waals surface area contributed by atoms with Crippen LogP contribution in [0.1, 0.15) is 23.1 Å². The largest absolute Gasteiger partial charge is 0.454 e. The van der Waals surface area contributed by atoms with Gasteiger partial charge in [-0.3, -0.25) is 9.55 Å². The molecule has 5 aromatic rings. The first-order valence-corrected chi connectivity index (χ1v) is 11.7. The highest BCUT2D eigenvalue weighted by atomic mass is 35.5. The van der Waals surface area contributed by atoms with Crippen LogP contribution in [0.15, 0.2) is 67.1 Å². The van der Waals surface area contributed by atoms with E-state index in [-0.39, 0.29) is 6.79 Å². The van der Waals surface area contributed by atoms with Crippen LogP contribution < -0.4 is 15.2 Å². The molecule has 0 saturated heterocycles. The molecule has 6 nitrogen and oxygen atoms in total. The van der Waals surface area contributed by atoms with Crippen molar-refractivity contribution in [2.24, 2.45) is 5.73 Å². The topological polar surface area (TPSA) is 75.2 Å². The van der Waals surface area contributed by atoms with E-state index in [0.717, 1.165) is 57.3 Å². The molecular weight excluding hydrogens is 460 g/mol. The number of ether oxygens (including phenoxy) is 2. The quantitative estimate of drug-likeness (QED) is 0.356. The first-order valence-electron chi connectivity index (χ1n) is 11.4. The molecule has 3 heterocycles. The van der Waals surface area contributed by atoms with Crippen LogP contribution in [0.25, 0.3) is 27.6 Å². The van der Waals surface area contributed by atoms with E-state index in [0.29, 0.717) is 17.3 Å². The van der Waals surface area contributed by atoms with Crippen molar-refractivity contribution in [3.05, 3.63) is 88.8 Å². The second-order valence-corrected chi connectivity index (χ2v) is 8.74. The zero-order valence-electron chi connectivity index (χ0n) is 18.8. The first-order chi connectivity index (χ1) is 17.2. The smallest absolute Gasteiger partial charge is 0.231 e. The van der Waals surface area contributed by atoms with Crippen LogP contribution in [0.2, 0.25) is 5.02 Å². The minimum atomic E-state index is 0.232. The van der Waals surface area contributed by atoms with Gasteiger partial charge in [-0.05, 0) is 67.4 Å². The van der Waals surface area contributed by atoms with E-state index < -0.39 is 0 Å². The number of nitrogens with zero attached hydrogens (tertiary/aromatic N) is 3. The molecule has 2 aromatic heterocycles. The number of halogens is 1. The Labute approximate surface area is 207 Å². The van der Waals surface area contributed by atoms with Crippen molar-refractivity contribution in [3.8, 4) is 29.0 Å². The zero-order chi connectivity index (χ0) is 23.8. The summed E-state index contributed by atoms with van der Waals surface area (Å²) in [6.07, 6.45) is 5.55. The van der Waals surface area contributed by atoms with E-state index in [4.69, 9.17) is 26.8 Å². The second kappa shape index (κ2) is 8.95. The molecule has 7 heteroatoms. The average Bonchev–Trinajstić information content (AvgIpc) is 3.53. The van der Waals surface area contributed by atoms with Gasteiger partial charge in [-0.15, -0.1) is 0 Å². The van der Waals surface area contributed by atoms with E-state index in [9.17, 15) is 0 Å². The van der Waals surface area contributed by atoms with Gasteiger partial charge in [-0.25, -0.2) is 4.98 Å². The van der Waals surface area contributed by atoms with Crippen LogP contribution >= 0.6 is 11.6 Å². The number of hydrogen-bond donors (Lipinski definition) is 1. The first kappa shape index (κ1) is 21.5. The average molecular weight is 481 g/mol. The van der Waals surface area contributed by atoms with Crippen molar-refractivity contribution in [1.29, 1.82) is 0 Å². The number of aromatic nitrogens is 3. The highest BCUT2D eigenvalue weighted by Gasteiger charge is 2.14. The van der Waals surface area contributed by atoms with Gasteiger partial charge in [0.25, 0.3) is 0 Å². The van der Waals surface area contributed by atoms with Gasteiger partial charge in [-0.1, -0.05) is 35.6 Å². The molecule has 1 aliphatic rings. The fourth-order valence-electron chi connectivity index (χ4n) is 4.25. The van der Waals surface area contributed by atoms with Gasteiger partial charge in [0.15, 0.2) is 11.5 Å². The summed E-state index contributed by atoms with van der Waals surface area (Å²) in [6, 6.07) is 18.0. The number of imidazole rings is 1. The van der Waals surface area contributed by atoms with Gasteiger partial charge < -0.3 is 15.2 Å². The summed E-state index contributed by atoms with van der Waals surface area (Å²) < 4.78 is 12.9. The van der Waals surface area contributed by atoms with E-state index in [1.54, 1.807) is 6.20 Å². The molecule has 1 aliphatic heterocycles. The molecule has 0 radical (unpaired) electrons. The summed E-state index contributed by atoms with van der Waals surface area (Å²) in [5.41, 5.74) is 12.0. The molecular formula is C28H21ClN4O2. The van der Waals surface area contributed by atoms with Crippen LogP contribution in [0, 0.1) is 11.8 Å². The highest BCUT2D eigenvalue weighted by Crippen LogP contribution is 2.33. The fraction of sp³-hybridized carbons (Fsp3) is 0.143. The minimum absolute atomic E-state index is 0.232. The van der Waals surface area contributed by atoms with Gasteiger partial charge in [0, 0.05) is 22.2 Å². The Morgan fingerprint density at radius 2 is 1.80 bits per heavy atom. The highest BCUT2D eigenvalue weighted by molar-refractivity contribution is 6.32. The monoisotopic (exact) mass is 480 g/mol. The van der Waals surface area contributed by atoms with Gasteiger partial charge in [0.2, 0.25) is 6.79 Å². The van der Waals surface area contributed by atoms with Crippen LogP contribution in [-0.4, -0.2) is 27.9 Å². The fourth-order valence-corrected chi connectivity index (χ4v) is 4.45. The summed E-state index contributed by atoms with van der Waals surface area (Å²) in [4.78, 5) is 9.16. The van der Waals surface area contributed by atoms with Crippen LogP contribution in [-0.2, 0) is 6.42 Å². The third-order valence-corrected chi connectivity index (χ3v) is 6.37. The maximum absolute atomic E-state index is 6.59. The molecule has 0 unspecified atom stereocenters. The third kappa shape index (κ3) is 4.06. The predicted octanol–water partition coefficient (Wildman–Crippen LogP) is 5.25. The van der Waals surface area contributed by atoms with Crippen molar-refractivity contribution >= 4 is 33.5 Å². The Morgan fingerprint density at radius 1 is 0.943 bits per heavy atom. The molecule has 0 atom stereocenters. The standard InChI is InChI=1S/C28H21ClN4O2/c29-23-14-24-22(13-20(23)7-3-19-6-10-26-27(12-19)35-17-34-26)28-25(15-31-24)32-16-33(28)21-8-4-18(5-9-21)2-1-11-30/h4-6,8-10,12-16H,1-2,11,17,30H2. The van der Waals surface area contributed by atoms with Gasteiger partial charge in [0.1, 0.15) is 11.8 Å². The summed E-state index contributed by atoms with van der Waals surface area (Å²) in [6.45, 7) is 0.922. The Bertz CT molecular complexity index is 1630. The van der Waals surface area contributed by atoms with E-state index in [1.165, 1.54) is 5.56 Å². The lowest BCUT2D eigenvalue weighted by Gasteiger charge is -2.09. The van der Waals surface area contributed by atoms with Crippen molar-refractivity contribution < 1.29 is 9.47 Å². The lowest BCUT2D eigenvalue weighted by Crippen LogP contribution is -2.00. The summed E-state index contributed by atoms with van der Waals surface area (Å²) in [7, 11) is 0. The molecule has 6 rings (SSSR count). The molecule has 172 valence electrons. The molecule has 35 heavy (non-hydrogen) atoms. The maximum atomic E-state index is 6.59. The zero-order valence-corrected chi connectivity index (χ0v) is 19.5. The molecule has 2 N–H and O–H groups in total. The van der Waals surface area contributed by atoms with Gasteiger partial charge in [-0.2, -0.15) is 0 Å². The van der Waals surface area contributed by atoms with E-state index in [1.807, 2.05) is 36.7 Å². The summed E-state index contributed by atoms with van der Waals surface area (Å²) in [5.74, 6) is 7.82. The van der Waals surface area contributed by atoms with Crippen molar-refractivity contribution in [2.75, 3.05) is 13.3 Å². The van der Waals surface area contributed by atoms with Crippen molar-refractivity contribution in [3.63, 3.8) is 0 Å². The molecule has 0 bridgehead atoms. The van der Waals surface area contributed by atoms with Gasteiger partial charge >= 0.3 is 0 Å². The van der Waals surface area contributed by atoms with Crippen molar-refractivity contribution in [1.82, 2.24) is 14.5 Å². The molecule has 0 amide bonds.